The minimum absolute atomic E-state index is 0.0428. The molecule has 1 aromatic rings. The van der Waals surface area contributed by atoms with Crippen LogP contribution in [0.5, 0.6) is 11.5 Å². The summed E-state index contributed by atoms with van der Waals surface area (Å²) in [6, 6.07) is 4.39. The van der Waals surface area contributed by atoms with Crippen LogP contribution in [0, 0.1) is 11.8 Å². The van der Waals surface area contributed by atoms with Crippen LogP contribution in [0.15, 0.2) is 18.2 Å². The fourth-order valence-electron chi connectivity index (χ4n) is 2.69. The highest BCUT2D eigenvalue weighted by Gasteiger charge is 2.26. The molecule has 2 N–H and O–H groups in total. The van der Waals surface area contributed by atoms with Gasteiger partial charge in [0.15, 0.2) is 0 Å². The molecule has 0 radical (unpaired) electrons. The van der Waals surface area contributed by atoms with Crippen molar-refractivity contribution in [2.24, 2.45) is 11.8 Å². The summed E-state index contributed by atoms with van der Waals surface area (Å²) in [4.78, 5) is 25.4. The van der Waals surface area contributed by atoms with Gasteiger partial charge in [-0.1, -0.05) is 27.7 Å². The van der Waals surface area contributed by atoms with Crippen molar-refractivity contribution in [3.8, 4) is 11.5 Å². The van der Waals surface area contributed by atoms with Crippen LogP contribution in [0.2, 0.25) is 0 Å². The van der Waals surface area contributed by atoms with E-state index >= 15 is 0 Å². The number of ether oxygens (including phenoxy) is 2. The lowest BCUT2D eigenvalue weighted by Crippen LogP contribution is -2.51. The maximum atomic E-state index is 12.7. The minimum atomic E-state index is -0.615. The van der Waals surface area contributed by atoms with Gasteiger partial charge in [0.25, 0.3) is 5.91 Å². The number of benzene rings is 1. The number of carbonyl (C=O) groups is 2. The molecule has 0 spiro atoms. The van der Waals surface area contributed by atoms with E-state index < -0.39 is 6.04 Å². The van der Waals surface area contributed by atoms with Crippen LogP contribution in [0.25, 0.3) is 0 Å². The van der Waals surface area contributed by atoms with Crippen LogP contribution in [0.3, 0.4) is 0 Å². The molecule has 27 heavy (non-hydrogen) atoms. The van der Waals surface area contributed by atoms with Crippen LogP contribution in [0.4, 0.5) is 0 Å². The fraction of sp³-hybridized carbons (Fsp3) is 0.619. The minimum Gasteiger partial charge on any atom is -0.497 e. The SMILES string of the molecule is COc1cc(OC)cc(C(=O)N[C@H](C(=O)NC(C)CCC(C)C)C(C)C)c1. The van der Waals surface area contributed by atoms with E-state index in [1.54, 1.807) is 18.2 Å². The quantitative estimate of drug-likeness (QED) is 0.654. The van der Waals surface area contributed by atoms with Gasteiger partial charge in [0, 0.05) is 17.7 Å². The van der Waals surface area contributed by atoms with Crippen molar-refractivity contribution >= 4 is 11.8 Å². The number of hydrogen-bond acceptors (Lipinski definition) is 4. The molecule has 0 saturated heterocycles. The molecule has 6 nitrogen and oxygen atoms in total. The Labute approximate surface area is 163 Å². The molecule has 2 atom stereocenters. The normalized spacial score (nSPS) is 13.2. The Kier molecular flexibility index (Phi) is 9.12. The van der Waals surface area contributed by atoms with Crippen LogP contribution < -0.4 is 20.1 Å². The van der Waals surface area contributed by atoms with Gasteiger partial charge in [0.2, 0.25) is 5.91 Å². The summed E-state index contributed by atoms with van der Waals surface area (Å²) in [6.07, 6.45) is 1.96. The fourth-order valence-corrected chi connectivity index (χ4v) is 2.69. The zero-order valence-electron chi connectivity index (χ0n) is 17.6. The average Bonchev–Trinajstić information content (AvgIpc) is 2.63. The molecule has 1 unspecified atom stereocenters. The summed E-state index contributed by atoms with van der Waals surface area (Å²) in [7, 11) is 3.05. The van der Waals surface area contributed by atoms with E-state index in [2.05, 4.69) is 24.5 Å². The summed E-state index contributed by atoms with van der Waals surface area (Å²) in [5.41, 5.74) is 0.387. The first-order valence-corrected chi connectivity index (χ1v) is 9.52. The number of methoxy groups -OCH3 is 2. The van der Waals surface area contributed by atoms with Gasteiger partial charge in [-0.25, -0.2) is 0 Å². The van der Waals surface area contributed by atoms with Crippen LogP contribution in [-0.4, -0.2) is 38.1 Å². The highest BCUT2D eigenvalue weighted by atomic mass is 16.5. The molecule has 0 aromatic heterocycles. The van der Waals surface area contributed by atoms with Crippen LogP contribution >= 0.6 is 0 Å². The third kappa shape index (κ3) is 7.49. The van der Waals surface area contributed by atoms with Gasteiger partial charge < -0.3 is 20.1 Å². The lowest BCUT2D eigenvalue weighted by molar-refractivity contribution is -0.124. The summed E-state index contributed by atoms with van der Waals surface area (Å²) < 4.78 is 10.4. The van der Waals surface area contributed by atoms with Gasteiger partial charge in [-0.2, -0.15) is 0 Å². The molecule has 1 rings (SSSR count). The van der Waals surface area contributed by atoms with Gasteiger partial charge >= 0.3 is 0 Å². The Morgan fingerprint density at radius 1 is 0.889 bits per heavy atom. The van der Waals surface area contributed by atoms with Gasteiger partial charge in [-0.15, -0.1) is 0 Å². The van der Waals surface area contributed by atoms with Crippen molar-refractivity contribution in [2.45, 2.75) is 59.5 Å². The highest BCUT2D eigenvalue weighted by Crippen LogP contribution is 2.22. The van der Waals surface area contributed by atoms with E-state index in [1.807, 2.05) is 20.8 Å². The topological polar surface area (TPSA) is 76.7 Å². The second kappa shape index (κ2) is 10.8. The molecule has 0 saturated carbocycles. The number of rotatable bonds is 10. The number of nitrogens with one attached hydrogen (secondary N) is 2. The van der Waals surface area contributed by atoms with Crippen LogP contribution in [0.1, 0.15) is 57.8 Å². The summed E-state index contributed by atoms with van der Waals surface area (Å²) >= 11 is 0. The van der Waals surface area contributed by atoms with Crippen molar-refractivity contribution in [3.63, 3.8) is 0 Å². The molecule has 0 bridgehead atoms. The van der Waals surface area contributed by atoms with Gasteiger partial charge in [-0.3, -0.25) is 9.59 Å². The monoisotopic (exact) mass is 378 g/mol. The number of hydrogen-bond donors (Lipinski definition) is 2. The number of amides is 2. The molecular weight excluding hydrogens is 344 g/mol. The molecule has 6 heteroatoms. The standard InChI is InChI=1S/C21H34N2O4/c1-13(2)8-9-15(5)22-21(25)19(14(3)4)23-20(24)16-10-17(26-6)12-18(11-16)27-7/h10-15,19H,8-9H2,1-7H3,(H,22,25)(H,23,24)/t15?,19-/m0/s1. The summed E-state index contributed by atoms with van der Waals surface area (Å²) in [6.45, 7) is 10.1. The maximum Gasteiger partial charge on any atom is 0.252 e. The molecule has 0 aliphatic carbocycles. The Morgan fingerprint density at radius 2 is 1.44 bits per heavy atom. The number of carbonyl (C=O) groups excluding carboxylic acids is 2. The third-order valence-electron chi connectivity index (χ3n) is 4.42. The highest BCUT2D eigenvalue weighted by molar-refractivity contribution is 5.98. The van der Waals surface area contributed by atoms with E-state index in [9.17, 15) is 9.59 Å². The molecule has 1 aromatic carbocycles. The maximum absolute atomic E-state index is 12.7. The lowest BCUT2D eigenvalue weighted by atomic mass is 10.0. The largest absolute Gasteiger partial charge is 0.497 e. The predicted molar refractivity (Wildman–Crippen MR) is 107 cm³/mol. The zero-order chi connectivity index (χ0) is 20.6. The second-order valence-corrected chi connectivity index (χ2v) is 7.68. The van der Waals surface area contributed by atoms with Crippen molar-refractivity contribution in [3.05, 3.63) is 23.8 Å². The van der Waals surface area contributed by atoms with Gasteiger partial charge in [-0.05, 0) is 43.7 Å². The molecule has 2 amide bonds. The Morgan fingerprint density at radius 3 is 1.89 bits per heavy atom. The smallest absolute Gasteiger partial charge is 0.252 e. The Hall–Kier alpha value is -2.24. The van der Waals surface area contributed by atoms with Crippen molar-refractivity contribution in [1.82, 2.24) is 10.6 Å². The predicted octanol–water partition coefficient (Wildman–Crippen LogP) is 3.40. The van der Waals surface area contributed by atoms with E-state index in [4.69, 9.17) is 9.47 Å². The van der Waals surface area contributed by atoms with E-state index in [1.165, 1.54) is 14.2 Å². The Bertz CT molecular complexity index is 606. The average molecular weight is 379 g/mol. The molecular formula is C21H34N2O4. The van der Waals surface area contributed by atoms with E-state index in [0.29, 0.717) is 23.0 Å². The van der Waals surface area contributed by atoms with Crippen molar-refractivity contribution in [1.29, 1.82) is 0 Å². The first-order chi connectivity index (χ1) is 12.7. The van der Waals surface area contributed by atoms with Crippen molar-refractivity contribution < 1.29 is 19.1 Å². The zero-order valence-corrected chi connectivity index (χ0v) is 17.6. The molecule has 0 aliphatic rings. The molecule has 152 valence electrons. The first kappa shape index (κ1) is 22.8. The van der Waals surface area contributed by atoms with Gasteiger partial charge in [0.1, 0.15) is 17.5 Å². The third-order valence-corrected chi connectivity index (χ3v) is 4.42. The molecule has 0 fully saturated rings. The van der Waals surface area contributed by atoms with E-state index in [-0.39, 0.29) is 23.8 Å². The summed E-state index contributed by atoms with van der Waals surface area (Å²) in [5, 5.41) is 5.86. The van der Waals surface area contributed by atoms with E-state index in [0.717, 1.165) is 12.8 Å². The van der Waals surface area contributed by atoms with Crippen molar-refractivity contribution in [2.75, 3.05) is 14.2 Å². The van der Waals surface area contributed by atoms with Crippen LogP contribution in [-0.2, 0) is 4.79 Å². The molecule has 0 aliphatic heterocycles. The summed E-state index contributed by atoms with van der Waals surface area (Å²) in [5.74, 6) is 1.09. The second-order valence-electron chi connectivity index (χ2n) is 7.68. The lowest BCUT2D eigenvalue weighted by Gasteiger charge is -2.24. The molecule has 0 heterocycles. The first-order valence-electron chi connectivity index (χ1n) is 9.52. The van der Waals surface area contributed by atoms with Gasteiger partial charge in [0.05, 0.1) is 14.2 Å². The Balaban J connectivity index is 2.84.